The van der Waals surface area contributed by atoms with Crippen LogP contribution in [0.25, 0.3) is 23.4 Å². The van der Waals surface area contributed by atoms with E-state index in [2.05, 4.69) is 29.5 Å². The summed E-state index contributed by atoms with van der Waals surface area (Å²) >= 11 is 0. The standard InChI is InChI=1S/C13H10N2/c1-8-4-3-5-10-11(8)9(2)12-13(10)15-7-6-14-12/h3-7H,1H2,2H3. The largest absolute Gasteiger partial charge is 0.253 e. The van der Waals surface area contributed by atoms with Crippen molar-refractivity contribution in [1.29, 1.82) is 0 Å². The van der Waals surface area contributed by atoms with Crippen LogP contribution in [0.4, 0.5) is 0 Å². The maximum absolute atomic E-state index is 4.38. The van der Waals surface area contributed by atoms with Crippen molar-refractivity contribution in [3.8, 4) is 11.3 Å². The van der Waals surface area contributed by atoms with Crippen LogP contribution in [0.3, 0.4) is 0 Å². The first kappa shape index (κ1) is 8.36. The Morgan fingerprint density at radius 3 is 2.60 bits per heavy atom. The second kappa shape index (κ2) is 2.76. The van der Waals surface area contributed by atoms with Crippen molar-refractivity contribution in [1.82, 2.24) is 9.97 Å². The number of hydrogen-bond donors (Lipinski definition) is 0. The zero-order chi connectivity index (χ0) is 10.4. The molecule has 72 valence electrons. The molecule has 0 radical (unpaired) electrons. The van der Waals surface area contributed by atoms with Crippen molar-refractivity contribution in [2.45, 2.75) is 6.92 Å². The summed E-state index contributed by atoms with van der Waals surface area (Å²) in [6.07, 6.45) is 3.47. The summed E-state index contributed by atoms with van der Waals surface area (Å²) in [6.45, 7) is 6.13. The van der Waals surface area contributed by atoms with Crippen LogP contribution in [0.15, 0.2) is 30.6 Å². The average molecular weight is 194 g/mol. The first-order valence-electron chi connectivity index (χ1n) is 4.89. The molecule has 2 heteroatoms. The number of aromatic nitrogens is 2. The quantitative estimate of drug-likeness (QED) is 0.627. The Balaban J connectivity index is 2.58. The van der Waals surface area contributed by atoms with E-state index in [1.165, 1.54) is 10.8 Å². The molecule has 0 atom stereocenters. The van der Waals surface area contributed by atoms with E-state index in [0.717, 1.165) is 22.2 Å². The van der Waals surface area contributed by atoms with E-state index < -0.39 is 0 Å². The third-order valence-corrected chi connectivity index (χ3v) is 2.83. The Labute approximate surface area is 87.6 Å². The zero-order valence-electron chi connectivity index (χ0n) is 8.49. The zero-order valence-corrected chi connectivity index (χ0v) is 8.49. The minimum atomic E-state index is 0.982. The van der Waals surface area contributed by atoms with Gasteiger partial charge in [-0.25, -0.2) is 0 Å². The van der Waals surface area contributed by atoms with E-state index in [4.69, 9.17) is 0 Å². The van der Waals surface area contributed by atoms with Crippen molar-refractivity contribution >= 4 is 12.2 Å². The summed E-state index contributed by atoms with van der Waals surface area (Å²) in [5, 5.41) is 2.24. The lowest BCUT2D eigenvalue weighted by molar-refractivity contribution is 1.18. The lowest BCUT2D eigenvalue weighted by Gasteiger charge is -1.97. The molecule has 1 aromatic carbocycles. The van der Waals surface area contributed by atoms with Crippen molar-refractivity contribution in [2.24, 2.45) is 0 Å². The fourth-order valence-electron chi connectivity index (χ4n) is 2.17. The maximum Gasteiger partial charge on any atom is 0.0968 e. The van der Waals surface area contributed by atoms with E-state index in [-0.39, 0.29) is 0 Å². The Bertz CT molecular complexity index is 656. The second-order valence-electron chi connectivity index (χ2n) is 3.72. The van der Waals surface area contributed by atoms with Crippen LogP contribution >= 0.6 is 0 Å². The number of fused-ring (bicyclic) bond motifs is 3. The van der Waals surface area contributed by atoms with Gasteiger partial charge in [0, 0.05) is 18.0 Å². The number of nitrogens with zero attached hydrogens (tertiary/aromatic N) is 2. The lowest BCUT2D eigenvalue weighted by atomic mass is 10.1. The molecule has 0 unspecified atom stereocenters. The summed E-state index contributed by atoms with van der Waals surface area (Å²) in [6, 6.07) is 6.11. The van der Waals surface area contributed by atoms with Gasteiger partial charge in [0.1, 0.15) is 0 Å². The van der Waals surface area contributed by atoms with Gasteiger partial charge in [-0.15, -0.1) is 0 Å². The Kier molecular flexibility index (Phi) is 1.54. The van der Waals surface area contributed by atoms with E-state index in [1.54, 1.807) is 12.4 Å². The van der Waals surface area contributed by atoms with Crippen LogP contribution in [0.5, 0.6) is 0 Å². The van der Waals surface area contributed by atoms with Crippen LogP contribution in [0, 0.1) is 0 Å². The van der Waals surface area contributed by atoms with Crippen LogP contribution in [0.2, 0.25) is 0 Å². The minimum Gasteiger partial charge on any atom is -0.253 e. The highest BCUT2D eigenvalue weighted by Crippen LogP contribution is 2.25. The van der Waals surface area contributed by atoms with E-state index in [0.29, 0.717) is 0 Å². The van der Waals surface area contributed by atoms with E-state index in [9.17, 15) is 0 Å². The van der Waals surface area contributed by atoms with Crippen molar-refractivity contribution in [3.63, 3.8) is 0 Å². The van der Waals surface area contributed by atoms with Gasteiger partial charge in [0.05, 0.1) is 11.4 Å². The lowest BCUT2D eigenvalue weighted by Crippen LogP contribution is -2.24. The molecule has 2 aromatic rings. The summed E-state index contributed by atoms with van der Waals surface area (Å²) in [4.78, 5) is 8.75. The molecule has 0 saturated heterocycles. The van der Waals surface area contributed by atoms with Gasteiger partial charge < -0.3 is 0 Å². The molecule has 1 aliphatic rings. The third kappa shape index (κ3) is 0.988. The first-order valence-corrected chi connectivity index (χ1v) is 4.89. The number of hydrogen-bond acceptors (Lipinski definition) is 2. The summed E-state index contributed by atoms with van der Waals surface area (Å²) in [5.41, 5.74) is 4.31. The van der Waals surface area contributed by atoms with Gasteiger partial charge in [0.2, 0.25) is 0 Å². The Morgan fingerprint density at radius 2 is 1.80 bits per heavy atom. The van der Waals surface area contributed by atoms with Crippen molar-refractivity contribution < 1.29 is 0 Å². The van der Waals surface area contributed by atoms with E-state index in [1.807, 2.05) is 12.1 Å². The van der Waals surface area contributed by atoms with Crippen LogP contribution in [-0.2, 0) is 0 Å². The molecule has 0 N–H and O–H groups in total. The molecule has 1 heterocycles. The highest BCUT2D eigenvalue weighted by Gasteiger charge is 2.18. The molecule has 0 spiro atoms. The molecular formula is C13H10N2. The van der Waals surface area contributed by atoms with Gasteiger partial charge in [-0.3, -0.25) is 9.97 Å². The molecule has 1 aromatic heterocycles. The summed E-state index contributed by atoms with van der Waals surface area (Å²) in [7, 11) is 0. The highest BCUT2D eigenvalue weighted by molar-refractivity contribution is 5.84. The molecule has 0 fully saturated rings. The third-order valence-electron chi connectivity index (χ3n) is 2.83. The maximum atomic E-state index is 4.38. The van der Waals surface area contributed by atoms with Crippen molar-refractivity contribution in [2.75, 3.05) is 0 Å². The molecule has 15 heavy (non-hydrogen) atoms. The van der Waals surface area contributed by atoms with Gasteiger partial charge in [0.15, 0.2) is 0 Å². The Hall–Kier alpha value is -1.96. The molecule has 3 rings (SSSR count). The van der Waals surface area contributed by atoms with E-state index >= 15 is 0 Å². The topological polar surface area (TPSA) is 25.8 Å². The van der Waals surface area contributed by atoms with Gasteiger partial charge >= 0.3 is 0 Å². The minimum absolute atomic E-state index is 0.982. The molecule has 0 aliphatic heterocycles. The predicted octanol–water partition coefficient (Wildman–Crippen LogP) is 1.09. The molecule has 2 nitrogen and oxygen atoms in total. The van der Waals surface area contributed by atoms with Gasteiger partial charge in [-0.1, -0.05) is 24.8 Å². The fraction of sp³-hybridized carbons (Fsp3) is 0.0769. The molecule has 0 bridgehead atoms. The molecular weight excluding hydrogens is 184 g/mol. The normalized spacial score (nSPS) is 12.5. The second-order valence-corrected chi connectivity index (χ2v) is 3.72. The highest BCUT2D eigenvalue weighted by atomic mass is 14.8. The van der Waals surface area contributed by atoms with Crippen LogP contribution < -0.4 is 10.4 Å². The summed E-state index contributed by atoms with van der Waals surface area (Å²) in [5.74, 6) is 0. The van der Waals surface area contributed by atoms with Gasteiger partial charge in [-0.05, 0) is 22.9 Å². The average Bonchev–Trinajstić information content (AvgIpc) is 2.55. The predicted molar refractivity (Wildman–Crippen MR) is 60.4 cm³/mol. The van der Waals surface area contributed by atoms with Gasteiger partial charge in [-0.2, -0.15) is 0 Å². The SMILES string of the molecule is C=c1cccc2c1=C(C)c1nccnc1-2. The van der Waals surface area contributed by atoms with Crippen molar-refractivity contribution in [3.05, 3.63) is 46.7 Å². The van der Waals surface area contributed by atoms with Gasteiger partial charge in [0.25, 0.3) is 0 Å². The van der Waals surface area contributed by atoms with Crippen LogP contribution in [0.1, 0.15) is 12.6 Å². The fourth-order valence-corrected chi connectivity index (χ4v) is 2.17. The number of benzene rings is 1. The molecule has 1 aliphatic carbocycles. The Morgan fingerprint density at radius 1 is 1.07 bits per heavy atom. The van der Waals surface area contributed by atoms with Crippen LogP contribution in [-0.4, -0.2) is 9.97 Å². The molecule has 0 amide bonds. The first-order chi connectivity index (χ1) is 7.29. The smallest absolute Gasteiger partial charge is 0.0968 e. The monoisotopic (exact) mass is 194 g/mol. The number of rotatable bonds is 0. The molecule has 0 saturated carbocycles. The summed E-state index contributed by atoms with van der Waals surface area (Å²) < 4.78 is 0.